The van der Waals surface area contributed by atoms with E-state index < -0.39 is 11.6 Å². The molecule has 0 amide bonds. The van der Waals surface area contributed by atoms with E-state index in [1.54, 1.807) is 12.1 Å². The predicted molar refractivity (Wildman–Crippen MR) is 81.8 cm³/mol. The Morgan fingerprint density at radius 3 is 2.81 bits per heavy atom. The fourth-order valence-corrected chi connectivity index (χ4v) is 2.22. The zero-order chi connectivity index (χ0) is 15.4. The van der Waals surface area contributed by atoms with Crippen LogP contribution in [0.4, 0.5) is 14.6 Å². The molecule has 1 aromatic carbocycles. The number of halogens is 4. The predicted octanol–water partition coefficient (Wildman–Crippen LogP) is 4.79. The van der Waals surface area contributed by atoms with Crippen molar-refractivity contribution in [2.75, 3.05) is 11.9 Å². The highest BCUT2D eigenvalue weighted by atomic mass is 79.9. The summed E-state index contributed by atoms with van der Waals surface area (Å²) < 4.78 is 32.5. The molecule has 0 bridgehead atoms. The van der Waals surface area contributed by atoms with Gasteiger partial charge in [-0.3, -0.25) is 0 Å². The molecule has 0 atom stereocenters. The van der Waals surface area contributed by atoms with Gasteiger partial charge in [-0.05, 0) is 31.2 Å². The summed E-state index contributed by atoms with van der Waals surface area (Å²) in [5.41, 5.74) is 0.440. The van der Waals surface area contributed by atoms with Gasteiger partial charge in [0.1, 0.15) is 12.4 Å². The van der Waals surface area contributed by atoms with Crippen molar-refractivity contribution in [3.63, 3.8) is 0 Å². The molecule has 0 unspecified atom stereocenters. The largest absolute Gasteiger partial charge is 0.484 e. The Morgan fingerprint density at radius 1 is 1.33 bits per heavy atom. The van der Waals surface area contributed by atoms with Crippen molar-refractivity contribution in [1.29, 1.82) is 0 Å². The zero-order valence-corrected chi connectivity index (χ0v) is 13.4. The van der Waals surface area contributed by atoms with E-state index in [2.05, 4.69) is 26.2 Å². The van der Waals surface area contributed by atoms with Crippen LogP contribution in [0.1, 0.15) is 12.6 Å². The number of hydrogen-bond acceptors (Lipinski definition) is 3. The van der Waals surface area contributed by atoms with Gasteiger partial charge in [-0.2, -0.15) is 4.39 Å². The third-order valence-electron chi connectivity index (χ3n) is 2.60. The Bertz CT molecular complexity index is 655. The average Bonchev–Trinajstić information content (AvgIpc) is 2.44. The standard InChI is InChI=1S/C14H12BrClF2N2O/c1-2-19-13-4-3-9(16)11(20-13)7-21-12-6-8(15)5-10(17)14(12)18/h3-6H,2,7H2,1H3,(H,19,20). The molecule has 0 spiro atoms. The first kappa shape index (κ1) is 16.0. The number of rotatable bonds is 5. The summed E-state index contributed by atoms with van der Waals surface area (Å²) >= 11 is 9.10. The number of anilines is 1. The molecule has 0 aliphatic heterocycles. The van der Waals surface area contributed by atoms with Gasteiger partial charge in [-0.25, -0.2) is 9.37 Å². The molecule has 0 saturated heterocycles. The van der Waals surface area contributed by atoms with Crippen molar-refractivity contribution in [2.45, 2.75) is 13.5 Å². The van der Waals surface area contributed by atoms with Crippen molar-refractivity contribution in [2.24, 2.45) is 0 Å². The molecule has 0 radical (unpaired) electrons. The number of aromatic nitrogens is 1. The van der Waals surface area contributed by atoms with E-state index in [-0.39, 0.29) is 12.4 Å². The third-order valence-corrected chi connectivity index (χ3v) is 3.40. The highest BCUT2D eigenvalue weighted by molar-refractivity contribution is 9.10. The Labute approximate surface area is 134 Å². The van der Waals surface area contributed by atoms with Crippen LogP contribution in [0.5, 0.6) is 5.75 Å². The normalized spacial score (nSPS) is 10.5. The van der Waals surface area contributed by atoms with E-state index >= 15 is 0 Å². The molecule has 2 aromatic rings. The van der Waals surface area contributed by atoms with E-state index in [0.717, 1.165) is 6.07 Å². The highest BCUT2D eigenvalue weighted by Gasteiger charge is 2.13. The lowest BCUT2D eigenvalue weighted by Gasteiger charge is -2.10. The van der Waals surface area contributed by atoms with Crippen LogP contribution in [0, 0.1) is 11.6 Å². The second-order valence-electron chi connectivity index (χ2n) is 4.14. The van der Waals surface area contributed by atoms with Crippen molar-refractivity contribution in [3.8, 4) is 5.75 Å². The lowest BCUT2D eigenvalue weighted by molar-refractivity contribution is 0.280. The second kappa shape index (κ2) is 7.04. The van der Waals surface area contributed by atoms with E-state index in [4.69, 9.17) is 16.3 Å². The summed E-state index contributed by atoms with van der Waals surface area (Å²) in [6.45, 7) is 2.58. The molecule has 3 nitrogen and oxygen atoms in total. The molecular formula is C14H12BrClF2N2O. The van der Waals surface area contributed by atoms with Crippen LogP contribution >= 0.6 is 27.5 Å². The molecule has 2 rings (SSSR count). The number of nitrogens with one attached hydrogen (secondary N) is 1. The van der Waals surface area contributed by atoms with Crippen LogP contribution in [0.2, 0.25) is 5.02 Å². The van der Waals surface area contributed by atoms with Crippen LogP contribution in [-0.2, 0) is 6.61 Å². The first-order chi connectivity index (χ1) is 10.0. The molecular weight excluding hydrogens is 366 g/mol. The molecule has 1 aromatic heterocycles. The number of benzene rings is 1. The lowest BCUT2D eigenvalue weighted by atomic mass is 10.3. The number of pyridine rings is 1. The molecule has 0 fully saturated rings. The van der Waals surface area contributed by atoms with Crippen molar-refractivity contribution in [1.82, 2.24) is 4.98 Å². The van der Waals surface area contributed by atoms with Crippen molar-refractivity contribution in [3.05, 3.63) is 51.1 Å². The molecule has 1 N–H and O–H groups in total. The van der Waals surface area contributed by atoms with Gasteiger partial charge >= 0.3 is 0 Å². The zero-order valence-electron chi connectivity index (χ0n) is 11.1. The Hall–Kier alpha value is -1.40. The topological polar surface area (TPSA) is 34.1 Å². The maximum Gasteiger partial charge on any atom is 0.200 e. The minimum atomic E-state index is -1.04. The van der Waals surface area contributed by atoms with E-state index in [1.807, 2.05) is 6.92 Å². The van der Waals surface area contributed by atoms with Crippen LogP contribution < -0.4 is 10.1 Å². The van der Waals surface area contributed by atoms with Crippen molar-refractivity contribution < 1.29 is 13.5 Å². The molecule has 112 valence electrons. The molecule has 0 aliphatic carbocycles. The fraction of sp³-hybridized carbons (Fsp3) is 0.214. The van der Waals surface area contributed by atoms with Gasteiger partial charge in [0, 0.05) is 11.0 Å². The Balaban J connectivity index is 2.18. The minimum Gasteiger partial charge on any atom is -0.484 e. The van der Waals surface area contributed by atoms with Gasteiger partial charge in [0.15, 0.2) is 11.6 Å². The SMILES string of the molecule is CCNc1ccc(Cl)c(COc2cc(Br)cc(F)c2F)n1. The van der Waals surface area contributed by atoms with Crippen LogP contribution in [0.25, 0.3) is 0 Å². The van der Waals surface area contributed by atoms with Crippen molar-refractivity contribution >= 4 is 33.3 Å². The quantitative estimate of drug-likeness (QED) is 0.761. The van der Waals surface area contributed by atoms with Crippen LogP contribution in [0.3, 0.4) is 0 Å². The summed E-state index contributed by atoms with van der Waals surface area (Å²) in [6.07, 6.45) is 0. The van der Waals surface area contributed by atoms with E-state index in [1.165, 1.54) is 6.07 Å². The second-order valence-corrected chi connectivity index (χ2v) is 5.47. The Morgan fingerprint density at radius 2 is 2.10 bits per heavy atom. The number of hydrogen-bond donors (Lipinski definition) is 1. The van der Waals surface area contributed by atoms with Gasteiger partial charge in [-0.1, -0.05) is 27.5 Å². The first-order valence-electron chi connectivity index (χ1n) is 6.18. The van der Waals surface area contributed by atoms with E-state index in [0.29, 0.717) is 27.6 Å². The molecule has 21 heavy (non-hydrogen) atoms. The molecule has 0 saturated carbocycles. The van der Waals surface area contributed by atoms with Gasteiger partial charge in [0.2, 0.25) is 5.82 Å². The summed E-state index contributed by atoms with van der Waals surface area (Å²) in [7, 11) is 0. The smallest absolute Gasteiger partial charge is 0.200 e. The fourth-order valence-electron chi connectivity index (χ4n) is 1.65. The summed E-state index contributed by atoms with van der Waals surface area (Å²) in [5, 5.41) is 3.43. The first-order valence-corrected chi connectivity index (χ1v) is 7.35. The molecule has 7 heteroatoms. The van der Waals surface area contributed by atoms with Crippen LogP contribution in [0.15, 0.2) is 28.7 Å². The number of ether oxygens (including phenoxy) is 1. The minimum absolute atomic E-state index is 0.0646. The van der Waals surface area contributed by atoms with E-state index in [9.17, 15) is 8.78 Å². The summed E-state index contributed by atoms with van der Waals surface area (Å²) in [4.78, 5) is 4.26. The summed E-state index contributed by atoms with van der Waals surface area (Å²) in [6, 6.07) is 5.78. The van der Waals surface area contributed by atoms with Crippen LogP contribution in [-0.4, -0.2) is 11.5 Å². The molecule has 1 heterocycles. The van der Waals surface area contributed by atoms with Gasteiger partial charge in [0.25, 0.3) is 0 Å². The molecule has 0 aliphatic rings. The van der Waals surface area contributed by atoms with Gasteiger partial charge in [-0.15, -0.1) is 0 Å². The Kier molecular flexibility index (Phi) is 5.36. The van der Waals surface area contributed by atoms with Gasteiger partial charge < -0.3 is 10.1 Å². The summed E-state index contributed by atoms with van der Waals surface area (Å²) in [5.74, 6) is -1.59. The third kappa shape index (κ3) is 4.04. The maximum atomic E-state index is 13.6. The average molecular weight is 378 g/mol. The van der Waals surface area contributed by atoms with Gasteiger partial charge in [0.05, 0.1) is 10.7 Å². The lowest BCUT2D eigenvalue weighted by Crippen LogP contribution is -2.05. The highest BCUT2D eigenvalue weighted by Crippen LogP contribution is 2.27. The number of nitrogens with zero attached hydrogens (tertiary/aromatic N) is 1. The monoisotopic (exact) mass is 376 g/mol. The maximum absolute atomic E-state index is 13.6.